The molecule has 0 aliphatic carbocycles. The minimum absolute atomic E-state index is 0.0413. The molecule has 0 radical (unpaired) electrons. The number of carbonyl (C=O) groups excluding carboxylic acids is 1. The quantitative estimate of drug-likeness (QED) is 0.763. The highest BCUT2D eigenvalue weighted by Crippen LogP contribution is 2.29. The van der Waals surface area contributed by atoms with E-state index in [0.29, 0.717) is 17.3 Å². The van der Waals surface area contributed by atoms with Crippen LogP contribution < -0.4 is 10.2 Å². The molecule has 0 aromatic heterocycles. The Kier molecular flexibility index (Phi) is 6.51. The van der Waals surface area contributed by atoms with Gasteiger partial charge in [0.2, 0.25) is 10.0 Å². The summed E-state index contributed by atoms with van der Waals surface area (Å²) in [5, 5.41) is 3.34. The van der Waals surface area contributed by atoms with Crippen molar-refractivity contribution in [1.29, 1.82) is 0 Å². The second kappa shape index (κ2) is 8.73. The van der Waals surface area contributed by atoms with E-state index < -0.39 is 10.0 Å². The van der Waals surface area contributed by atoms with E-state index in [4.69, 9.17) is 11.6 Å². The lowest BCUT2D eigenvalue weighted by Gasteiger charge is -2.32. The highest BCUT2D eigenvalue weighted by molar-refractivity contribution is 7.89. The van der Waals surface area contributed by atoms with E-state index in [-0.39, 0.29) is 22.4 Å². The summed E-state index contributed by atoms with van der Waals surface area (Å²) in [6, 6.07) is 11.4. The van der Waals surface area contributed by atoms with Crippen LogP contribution in [-0.2, 0) is 10.0 Å². The fourth-order valence-corrected chi connectivity index (χ4v) is 5.47. The Morgan fingerprint density at radius 3 is 2.62 bits per heavy atom. The van der Waals surface area contributed by atoms with Gasteiger partial charge in [0.05, 0.1) is 16.3 Å². The van der Waals surface area contributed by atoms with Crippen LogP contribution in [0.2, 0.25) is 5.02 Å². The molecule has 6 nitrogen and oxygen atoms in total. The van der Waals surface area contributed by atoms with E-state index in [2.05, 4.69) is 5.32 Å². The average Bonchev–Trinajstić information content (AvgIpc) is 2.68. The molecule has 0 bridgehead atoms. The third-order valence-corrected chi connectivity index (χ3v) is 7.38. The van der Waals surface area contributed by atoms with E-state index in [9.17, 15) is 13.2 Å². The van der Waals surface area contributed by atoms with E-state index in [0.717, 1.165) is 24.9 Å². The number of halogens is 1. The summed E-state index contributed by atoms with van der Waals surface area (Å²) in [6.07, 6.45) is 2.73. The monoisotopic (exact) mass is 435 g/mol. The predicted octanol–water partition coefficient (Wildman–Crippen LogP) is 4.22. The second-order valence-corrected chi connectivity index (χ2v) is 9.83. The molecule has 156 valence electrons. The highest BCUT2D eigenvalue weighted by Gasteiger charge is 2.31. The van der Waals surface area contributed by atoms with Crippen molar-refractivity contribution in [2.75, 3.05) is 30.9 Å². The number of nitrogens with zero attached hydrogens (tertiary/aromatic N) is 2. The van der Waals surface area contributed by atoms with Crippen LogP contribution in [0.5, 0.6) is 0 Å². The number of sulfonamides is 1. The van der Waals surface area contributed by atoms with E-state index in [1.54, 1.807) is 24.3 Å². The lowest BCUT2D eigenvalue weighted by molar-refractivity contribution is 0.102. The van der Waals surface area contributed by atoms with Crippen LogP contribution in [0.3, 0.4) is 0 Å². The Bertz CT molecular complexity index is 1010. The molecular weight excluding hydrogens is 410 g/mol. The average molecular weight is 436 g/mol. The zero-order valence-corrected chi connectivity index (χ0v) is 18.4. The van der Waals surface area contributed by atoms with Crippen LogP contribution in [0, 0.1) is 0 Å². The van der Waals surface area contributed by atoms with Gasteiger partial charge >= 0.3 is 0 Å². The van der Waals surface area contributed by atoms with Crippen LogP contribution in [0.4, 0.5) is 11.4 Å². The molecule has 1 amide bonds. The summed E-state index contributed by atoms with van der Waals surface area (Å²) in [4.78, 5) is 14.8. The van der Waals surface area contributed by atoms with E-state index in [1.807, 2.05) is 32.0 Å². The highest BCUT2D eigenvalue weighted by atomic mass is 35.5. The van der Waals surface area contributed by atoms with Gasteiger partial charge in [-0.15, -0.1) is 0 Å². The van der Waals surface area contributed by atoms with Crippen molar-refractivity contribution < 1.29 is 13.2 Å². The van der Waals surface area contributed by atoms with Gasteiger partial charge in [0, 0.05) is 37.3 Å². The Morgan fingerprint density at radius 2 is 1.93 bits per heavy atom. The fourth-order valence-electron chi connectivity index (χ4n) is 3.55. The van der Waals surface area contributed by atoms with Crippen LogP contribution in [-0.4, -0.2) is 45.3 Å². The SMILES string of the molecule is CC1CCCCN1S(=O)(=O)c1cccc(C(=O)Nc2cc(Cl)ccc2N(C)C)c1. The molecule has 2 aromatic rings. The Morgan fingerprint density at radius 1 is 1.17 bits per heavy atom. The Balaban J connectivity index is 1.88. The van der Waals surface area contributed by atoms with Gasteiger partial charge in [-0.05, 0) is 56.2 Å². The molecule has 1 aliphatic rings. The third kappa shape index (κ3) is 4.74. The molecule has 1 saturated heterocycles. The number of rotatable bonds is 5. The molecule has 1 N–H and O–H groups in total. The Hall–Kier alpha value is -2.09. The smallest absolute Gasteiger partial charge is 0.255 e. The molecule has 1 atom stereocenters. The van der Waals surface area contributed by atoms with Crippen molar-refractivity contribution >= 4 is 38.9 Å². The maximum Gasteiger partial charge on any atom is 0.255 e. The molecule has 2 aromatic carbocycles. The first kappa shape index (κ1) is 21.6. The normalized spacial score (nSPS) is 17.7. The number of hydrogen-bond donors (Lipinski definition) is 1. The number of hydrogen-bond acceptors (Lipinski definition) is 4. The second-order valence-electron chi connectivity index (χ2n) is 7.50. The van der Waals surface area contributed by atoms with Gasteiger partial charge in [0.15, 0.2) is 0 Å². The number of benzene rings is 2. The first-order valence-corrected chi connectivity index (χ1v) is 11.4. The molecular formula is C21H26ClN3O3S. The topological polar surface area (TPSA) is 69.7 Å². The van der Waals surface area contributed by atoms with Crippen molar-refractivity contribution in [3.63, 3.8) is 0 Å². The molecule has 3 rings (SSSR count). The number of amides is 1. The molecule has 1 heterocycles. The van der Waals surface area contributed by atoms with Crippen molar-refractivity contribution in [3.05, 3.63) is 53.1 Å². The van der Waals surface area contributed by atoms with Crippen molar-refractivity contribution in [3.8, 4) is 0 Å². The molecule has 8 heteroatoms. The maximum atomic E-state index is 13.1. The van der Waals surface area contributed by atoms with Gasteiger partial charge in [0.25, 0.3) is 5.91 Å². The maximum absolute atomic E-state index is 13.1. The van der Waals surface area contributed by atoms with Gasteiger partial charge < -0.3 is 10.2 Å². The zero-order valence-electron chi connectivity index (χ0n) is 16.9. The minimum Gasteiger partial charge on any atom is -0.376 e. The summed E-state index contributed by atoms with van der Waals surface area (Å²) in [6.45, 7) is 2.43. The van der Waals surface area contributed by atoms with Crippen LogP contribution in [0.1, 0.15) is 36.5 Å². The lowest BCUT2D eigenvalue weighted by Crippen LogP contribution is -2.41. The molecule has 1 fully saturated rings. The summed E-state index contributed by atoms with van der Waals surface area (Å²) in [5.74, 6) is -0.390. The zero-order chi connectivity index (χ0) is 21.2. The van der Waals surface area contributed by atoms with E-state index in [1.165, 1.54) is 16.4 Å². The predicted molar refractivity (Wildman–Crippen MR) is 117 cm³/mol. The van der Waals surface area contributed by atoms with Gasteiger partial charge in [-0.25, -0.2) is 8.42 Å². The molecule has 1 unspecified atom stereocenters. The van der Waals surface area contributed by atoms with Crippen LogP contribution >= 0.6 is 11.6 Å². The first-order chi connectivity index (χ1) is 13.7. The number of nitrogens with one attached hydrogen (secondary N) is 1. The minimum atomic E-state index is -3.64. The lowest BCUT2D eigenvalue weighted by atomic mass is 10.1. The Labute approximate surface area is 177 Å². The van der Waals surface area contributed by atoms with E-state index >= 15 is 0 Å². The third-order valence-electron chi connectivity index (χ3n) is 5.13. The number of piperidine rings is 1. The van der Waals surface area contributed by atoms with Gasteiger partial charge in [-0.2, -0.15) is 4.31 Å². The fraction of sp³-hybridized carbons (Fsp3) is 0.381. The number of anilines is 2. The van der Waals surface area contributed by atoms with Gasteiger partial charge in [-0.1, -0.05) is 24.1 Å². The largest absolute Gasteiger partial charge is 0.376 e. The van der Waals surface area contributed by atoms with Crippen LogP contribution in [0.25, 0.3) is 0 Å². The standard InChI is InChI=1S/C21H26ClN3O3S/c1-15-7-4-5-12-25(15)29(27,28)18-9-6-8-16(13-18)21(26)23-19-14-17(22)10-11-20(19)24(2)3/h6,8-11,13-15H,4-5,7,12H2,1-3H3,(H,23,26). The molecule has 0 spiro atoms. The summed E-state index contributed by atoms with van der Waals surface area (Å²) < 4.78 is 27.7. The molecule has 0 saturated carbocycles. The summed E-state index contributed by atoms with van der Waals surface area (Å²) in [5.41, 5.74) is 1.64. The first-order valence-electron chi connectivity index (χ1n) is 9.60. The van der Waals surface area contributed by atoms with Crippen molar-refractivity contribution in [2.45, 2.75) is 37.1 Å². The summed E-state index contributed by atoms with van der Waals surface area (Å²) in [7, 11) is 0.0895. The van der Waals surface area contributed by atoms with Crippen LogP contribution in [0.15, 0.2) is 47.4 Å². The van der Waals surface area contributed by atoms with Crippen molar-refractivity contribution in [1.82, 2.24) is 4.31 Å². The summed E-state index contributed by atoms with van der Waals surface area (Å²) >= 11 is 6.08. The number of carbonyl (C=O) groups is 1. The van der Waals surface area contributed by atoms with Gasteiger partial charge in [-0.3, -0.25) is 4.79 Å². The molecule has 1 aliphatic heterocycles. The van der Waals surface area contributed by atoms with Crippen molar-refractivity contribution in [2.24, 2.45) is 0 Å². The molecule has 29 heavy (non-hydrogen) atoms. The van der Waals surface area contributed by atoms with Gasteiger partial charge in [0.1, 0.15) is 0 Å².